The van der Waals surface area contributed by atoms with E-state index in [2.05, 4.69) is 20.6 Å². The summed E-state index contributed by atoms with van der Waals surface area (Å²) in [4.78, 5) is 20.8. The first kappa shape index (κ1) is 16.2. The van der Waals surface area contributed by atoms with E-state index in [1.165, 1.54) is 0 Å². The van der Waals surface area contributed by atoms with Crippen LogP contribution in [0.15, 0.2) is 60.9 Å². The van der Waals surface area contributed by atoms with Gasteiger partial charge in [-0.05, 0) is 42.5 Å². The Morgan fingerprint density at radius 2 is 1.67 bits per heavy atom. The van der Waals surface area contributed by atoms with Crippen LogP contribution in [0.2, 0.25) is 10.0 Å². The second kappa shape index (κ2) is 7.29. The molecule has 0 atom stereocenters. The third-order valence-electron chi connectivity index (χ3n) is 3.08. The molecule has 2 N–H and O–H groups in total. The monoisotopic (exact) mass is 358 g/mol. The number of halogens is 2. The van der Waals surface area contributed by atoms with Gasteiger partial charge in [0.25, 0.3) is 5.91 Å². The molecule has 3 rings (SSSR count). The van der Waals surface area contributed by atoms with Crippen molar-refractivity contribution in [2.45, 2.75) is 0 Å². The van der Waals surface area contributed by atoms with Crippen molar-refractivity contribution in [3.63, 3.8) is 0 Å². The zero-order valence-electron chi connectivity index (χ0n) is 12.3. The summed E-state index contributed by atoms with van der Waals surface area (Å²) in [5, 5.41) is 6.76. The Morgan fingerprint density at radius 3 is 2.38 bits per heavy atom. The fourth-order valence-electron chi connectivity index (χ4n) is 2.07. The fourth-order valence-corrected chi connectivity index (χ4v) is 2.60. The minimum Gasteiger partial charge on any atom is -0.339 e. The van der Waals surface area contributed by atoms with Gasteiger partial charge in [0.15, 0.2) is 0 Å². The van der Waals surface area contributed by atoms with Crippen LogP contribution in [0.4, 0.5) is 17.3 Å². The molecule has 0 fully saturated rings. The molecule has 1 aromatic carbocycles. The Hall–Kier alpha value is -2.63. The molecule has 120 valence electrons. The third kappa shape index (κ3) is 4.01. The molecule has 0 radical (unpaired) electrons. The van der Waals surface area contributed by atoms with Crippen molar-refractivity contribution in [2.24, 2.45) is 0 Å². The number of amides is 1. The quantitative estimate of drug-likeness (QED) is 0.704. The average molecular weight is 359 g/mol. The minimum atomic E-state index is -0.322. The molecule has 2 heterocycles. The summed E-state index contributed by atoms with van der Waals surface area (Å²) < 4.78 is 0. The van der Waals surface area contributed by atoms with E-state index in [0.29, 0.717) is 32.9 Å². The van der Waals surface area contributed by atoms with E-state index < -0.39 is 0 Å². The number of anilines is 3. The van der Waals surface area contributed by atoms with Crippen LogP contribution in [0.3, 0.4) is 0 Å². The maximum Gasteiger partial charge on any atom is 0.260 e. The molecule has 0 aliphatic carbocycles. The highest BCUT2D eigenvalue weighted by molar-refractivity contribution is 6.35. The van der Waals surface area contributed by atoms with Crippen molar-refractivity contribution in [2.75, 3.05) is 10.6 Å². The Balaban J connectivity index is 1.86. The molecular formula is C17H12Cl2N4O. The van der Waals surface area contributed by atoms with E-state index in [4.69, 9.17) is 23.2 Å². The van der Waals surface area contributed by atoms with Crippen LogP contribution >= 0.6 is 23.2 Å². The summed E-state index contributed by atoms with van der Waals surface area (Å²) in [6, 6.07) is 13.6. The number of pyridine rings is 2. The number of carbonyl (C=O) groups excluding carboxylic acids is 1. The van der Waals surface area contributed by atoms with E-state index in [-0.39, 0.29) is 5.91 Å². The van der Waals surface area contributed by atoms with Gasteiger partial charge in [0.2, 0.25) is 0 Å². The standard InChI is InChI=1S/C17H12Cl2N4O/c18-11-8-12(19)10-13(9-11)22-16-14(4-3-7-21-16)17(24)23-15-5-1-2-6-20-15/h1-10H,(H,21,22)(H,20,23,24). The zero-order valence-corrected chi connectivity index (χ0v) is 13.8. The maximum atomic E-state index is 12.5. The molecule has 5 nitrogen and oxygen atoms in total. The van der Waals surface area contributed by atoms with Crippen LogP contribution in [0.1, 0.15) is 10.4 Å². The van der Waals surface area contributed by atoms with Gasteiger partial charge in [-0.15, -0.1) is 0 Å². The first-order valence-corrected chi connectivity index (χ1v) is 7.78. The van der Waals surface area contributed by atoms with Gasteiger partial charge < -0.3 is 10.6 Å². The number of nitrogens with one attached hydrogen (secondary N) is 2. The van der Waals surface area contributed by atoms with Gasteiger partial charge in [-0.1, -0.05) is 29.3 Å². The number of aromatic nitrogens is 2. The number of hydrogen-bond donors (Lipinski definition) is 2. The van der Waals surface area contributed by atoms with Gasteiger partial charge in [0, 0.05) is 28.1 Å². The first-order valence-electron chi connectivity index (χ1n) is 7.02. The fraction of sp³-hybridized carbons (Fsp3) is 0. The lowest BCUT2D eigenvalue weighted by atomic mass is 10.2. The van der Waals surface area contributed by atoms with Gasteiger partial charge in [0.05, 0.1) is 5.56 Å². The Morgan fingerprint density at radius 1 is 0.917 bits per heavy atom. The number of hydrogen-bond acceptors (Lipinski definition) is 4. The molecule has 0 saturated carbocycles. The summed E-state index contributed by atoms with van der Waals surface area (Å²) in [6.45, 7) is 0. The highest BCUT2D eigenvalue weighted by atomic mass is 35.5. The molecule has 0 aliphatic heterocycles. The zero-order chi connectivity index (χ0) is 16.9. The van der Waals surface area contributed by atoms with Crippen LogP contribution in [0.25, 0.3) is 0 Å². The average Bonchev–Trinajstić information content (AvgIpc) is 2.55. The Bertz CT molecular complexity index is 851. The summed E-state index contributed by atoms with van der Waals surface area (Å²) in [6.07, 6.45) is 3.19. The van der Waals surface area contributed by atoms with Crippen LogP contribution in [0.5, 0.6) is 0 Å². The van der Waals surface area contributed by atoms with Gasteiger partial charge in [-0.25, -0.2) is 9.97 Å². The maximum absolute atomic E-state index is 12.5. The van der Waals surface area contributed by atoms with E-state index in [0.717, 1.165) is 0 Å². The highest BCUT2D eigenvalue weighted by Crippen LogP contribution is 2.26. The third-order valence-corrected chi connectivity index (χ3v) is 3.52. The van der Waals surface area contributed by atoms with Crippen LogP contribution in [-0.2, 0) is 0 Å². The summed E-state index contributed by atoms with van der Waals surface area (Å²) in [5.41, 5.74) is 1.01. The van der Waals surface area contributed by atoms with E-state index in [1.807, 2.05) is 0 Å². The molecule has 2 aromatic heterocycles. The van der Waals surface area contributed by atoms with Crippen molar-refractivity contribution in [1.82, 2.24) is 9.97 Å². The van der Waals surface area contributed by atoms with Crippen molar-refractivity contribution < 1.29 is 4.79 Å². The Labute approximate surface area is 148 Å². The number of rotatable bonds is 4. The largest absolute Gasteiger partial charge is 0.339 e. The minimum absolute atomic E-state index is 0.322. The molecule has 0 unspecified atom stereocenters. The SMILES string of the molecule is O=C(Nc1ccccn1)c1cccnc1Nc1cc(Cl)cc(Cl)c1. The second-order valence-corrected chi connectivity index (χ2v) is 5.72. The molecular weight excluding hydrogens is 347 g/mol. The highest BCUT2D eigenvalue weighted by Gasteiger charge is 2.13. The van der Waals surface area contributed by atoms with E-state index >= 15 is 0 Å². The van der Waals surface area contributed by atoms with Crippen LogP contribution < -0.4 is 10.6 Å². The van der Waals surface area contributed by atoms with Crippen molar-refractivity contribution in [3.8, 4) is 0 Å². The van der Waals surface area contributed by atoms with Crippen molar-refractivity contribution >= 4 is 46.4 Å². The molecule has 3 aromatic rings. The van der Waals surface area contributed by atoms with Crippen molar-refractivity contribution in [1.29, 1.82) is 0 Å². The van der Waals surface area contributed by atoms with Gasteiger partial charge in [0.1, 0.15) is 11.6 Å². The van der Waals surface area contributed by atoms with Gasteiger partial charge in [-0.3, -0.25) is 4.79 Å². The number of nitrogens with zero attached hydrogens (tertiary/aromatic N) is 2. The van der Waals surface area contributed by atoms with Gasteiger partial charge in [-0.2, -0.15) is 0 Å². The topological polar surface area (TPSA) is 66.9 Å². The van der Waals surface area contributed by atoms with Crippen LogP contribution in [-0.4, -0.2) is 15.9 Å². The normalized spacial score (nSPS) is 10.2. The molecule has 7 heteroatoms. The molecule has 0 spiro atoms. The Kier molecular flexibility index (Phi) is 4.93. The lowest BCUT2D eigenvalue weighted by Crippen LogP contribution is -2.15. The lowest BCUT2D eigenvalue weighted by Gasteiger charge is -2.11. The van der Waals surface area contributed by atoms with E-state index in [1.54, 1.807) is 60.9 Å². The molecule has 24 heavy (non-hydrogen) atoms. The molecule has 0 aliphatic rings. The van der Waals surface area contributed by atoms with Crippen molar-refractivity contribution in [3.05, 3.63) is 76.5 Å². The predicted octanol–water partition coefficient (Wildman–Crippen LogP) is 4.78. The molecule has 0 bridgehead atoms. The number of carbonyl (C=O) groups is 1. The van der Waals surface area contributed by atoms with E-state index in [9.17, 15) is 4.79 Å². The smallest absolute Gasteiger partial charge is 0.260 e. The summed E-state index contributed by atoms with van der Waals surface area (Å²) >= 11 is 12.0. The summed E-state index contributed by atoms with van der Waals surface area (Å²) in [7, 11) is 0. The van der Waals surface area contributed by atoms with Crippen LogP contribution in [0, 0.1) is 0 Å². The first-order chi connectivity index (χ1) is 11.6. The molecule has 1 amide bonds. The predicted molar refractivity (Wildman–Crippen MR) is 96.2 cm³/mol. The second-order valence-electron chi connectivity index (χ2n) is 4.85. The number of benzene rings is 1. The summed E-state index contributed by atoms with van der Waals surface area (Å²) in [5.74, 6) is 0.532. The lowest BCUT2D eigenvalue weighted by molar-refractivity contribution is 0.102. The van der Waals surface area contributed by atoms with Gasteiger partial charge >= 0.3 is 0 Å². The molecule has 0 saturated heterocycles.